The molecular weight excluding hydrogens is 343 g/mol. The molecule has 0 radical (unpaired) electrons. The maximum atomic E-state index is 14.1. The minimum absolute atomic E-state index is 0.247. The predicted octanol–water partition coefficient (Wildman–Crippen LogP) is 4.26. The number of halogens is 2. The highest BCUT2D eigenvalue weighted by atomic mass is 35.5. The molecule has 8 heteroatoms. The SMILES string of the molecule is Cc1cnc(-c2cc(Cl)ccc2F)nc1Nc1ccnc2cn[nH]c12. The molecule has 0 aliphatic rings. The zero-order valence-electron chi connectivity index (χ0n) is 13.1. The van der Waals surface area contributed by atoms with Crippen molar-refractivity contribution in [2.75, 3.05) is 5.32 Å². The number of aromatic amines is 1. The molecule has 124 valence electrons. The maximum Gasteiger partial charge on any atom is 0.164 e. The van der Waals surface area contributed by atoms with Crippen molar-refractivity contribution in [3.63, 3.8) is 0 Å². The molecule has 4 rings (SSSR count). The van der Waals surface area contributed by atoms with Gasteiger partial charge < -0.3 is 5.32 Å². The number of pyridine rings is 1. The van der Waals surface area contributed by atoms with E-state index >= 15 is 0 Å². The highest BCUT2D eigenvalue weighted by Gasteiger charge is 2.13. The Labute approximate surface area is 147 Å². The van der Waals surface area contributed by atoms with Crippen LogP contribution in [0.2, 0.25) is 5.02 Å². The fraction of sp³-hybridized carbons (Fsp3) is 0.0588. The third-order valence-electron chi connectivity index (χ3n) is 3.74. The summed E-state index contributed by atoms with van der Waals surface area (Å²) >= 11 is 5.96. The molecule has 0 bridgehead atoms. The molecule has 1 aromatic carbocycles. The second kappa shape index (κ2) is 6.10. The molecule has 0 unspecified atom stereocenters. The van der Waals surface area contributed by atoms with Gasteiger partial charge in [-0.05, 0) is 31.2 Å². The monoisotopic (exact) mass is 354 g/mol. The van der Waals surface area contributed by atoms with E-state index in [1.807, 2.05) is 13.0 Å². The first-order chi connectivity index (χ1) is 12.1. The van der Waals surface area contributed by atoms with Gasteiger partial charge in [0.05, 0.1) is 17.4 Å². The molecule has 0 aliphatic heterocycles. The first-order valence-electron chi connectivity index (χ1n) is 7.46. The quantitative estimate of drug-likeness (QED) is 0.574. The first kappa shape index (κ1) is 15.5. The van der Waals surface area contributed by atoms with Crippen molar-refractivity contribution in [1.82, 2.24) is 25.1 Å². The number of anilines is 2. The number of fused-ring (bicyclic) bond motifs is 1. The third-order valence-corrected chi connectivity index (χ3v) is 3.97. The number of H-pyrrole nitrogens is 1. The Morgan fingerprint density at radius 1 is 1.16 bits per heavy atom. The van der Waals surface area contributed by atoms with E-state index in [2.05, 4.69) is 30.5 Å². The van der Waals surface area contributed by atoms with E-state index in [1.54, 1.807) is 18.6 Å². The number of aryl methyl sites for hydroxylation is 1. The molecule has 0 amide bonds. The summed E-state index contributed by atoms with van der Waals surface area (Å²) in [6, 6.07) is 6.09. The lowest BCUT2D eigenvalue weighted by Gasteiger charge is -2.11. The van der Waals surface area contributed by atoms with Crippen LogP contribution < -0.4 is 5.32 Å². The summed E-state index contributed by atoms with van der Waals surface area (Å²) < 4.78 is 14.1. The smallest absolute Gasteiger partial charge is 0.164 e. The number of hydrogen-bond acceptors (Lipinski definition) is 5. The van der Waals surface area contributed by atoms with E-state index in [1.165, 1.54) is 18.2 Å². The molecule has 3 heterocycles. The number of aromatic nitrogens is 5. The van der Waals surface area contributed by atoms with Crippen molar-refractivity contribution < 1.29 is 4.39 Å². The zero-order chi connectivity index (χ0) is 17.4. The summed E-state index contributed by atoms with van der Waals surface area (Å²) in [4.78, 5) is 12.9. The third kappa shape index (κ3) is 2.89. The van der Waals surface area contributed by atoms with Gasteiger partial charge in [-0.3, -0.25) is 10.1 Å². The molecule has 25 heavy (non-hydrogen) atoms. The number of rotatable bonds is 3. The number of benzene rings is 1. The van der Waals surface area contributed by atoms with Gasteiger partial charge in [-0.2, -0.15) is 5.10 Å². The average Bonchev–Trinajstić information content (AvgIpc) is 3.09. The van der Waals surface area contributed by atoms with Crippen molar-refractivity contribution in [3.8, 4) is 11.4 Å². The molecule has 0 atom stereocenters. The lowest BCUT2D eigenvalue weighted by atomic mass is 10.2. The number of nitrogens with zero attached hydrogens (tertiary/aromatic N) is 4. The lowest BCUT2D eigenvalue weighted by Crippen LogP contribution is -2.01. The van der Waals surface area contributed by atoms with Crippen LogP contribution >= 0.6 is 11.6 Å². The highest BCUT2D eigenvalue weighted by Crippen LogP contribution is 2.27. The van der Waals surface area contributed by atoms with Gasteiger partial charge >= 0.3 is 0 Å². The van der Waals surface area contributed by atoms with Crippen LogP contribution in [0.15, 0.2) is 42.9 Å². The van der Waals surface area contributed by atoms with Gasteiger partial charge in [-0.15, -0.1) is 0 Å². The van der Waals surface area contributed by atoms with Gasteiger partial charge in [0.25, 0.3) is 0 Å². The largest absolute Gasteiger partial charge is 0.338 e. The molecule has 2 N–H and O–H groups in total. The van der Waals surface area contributed by atoms with Crippen molar-refractivity contribution in [2.45, 2.75) is 6.92 Å². The second-order valence-corrected chi connectivity index (χ2v) is 5.90. The number of nitrogens with one attached hydrogen (secondary N) is 2. The topological polar surface area (TPSA) is 79.4 Å². The van der Waals surface area contributed by atoms with Crippen molar-refractivity contribution in [3.05, 3.63) is 59.3 Å². The van der Waals surface area contributed by atoms with Gasteiger partial charge in [-0.1, -0.05) is 11.6 Å². The fourth-order valence-electron chi connectivity index (χ4n) is 2.45. The Bertz CT molecular complexity index is 1080. The highest BCUT2D eigenvalue weighted by molar-refractivity contribution is 6.30. The molecular formula is C17H12ClFN6. The molecule has 0 aliphatic carbocycles. The Kier molecular flexibility index (Phi) is 3.77. The molecule has 0 spiro atoms. The zero-order valence-corrected chi connectivity index (χ0v) is 13.8. The summed E-state index contributed by atoms with van der Waals surface area (Å²) in [6.07, 6.45) is 4.95. The Hall–Kier alpha value is -3.06. The van der Waals surface area contributed by atoms with E-state index in [9.17, 15) is 4.39 Å². The summed E-state index contributed by atoms with van der Waals surface area (Å²) in [5, 5.41) is 10.5. The lowest BCUT2D eigenvalue weighted by molar-refractivity contribution is 0.630. The van der Waals surface area contributed by atoms with Crippen LogP contribution in [-0.2, 0) is 0 Å². The van der Waals surface area contributed by atoms with E-state index in [-0.39, 0.29) is 11.4 Å². The molecule has 0 saturated heterocycles. The first-order valence-corrected chi connectivity index (χ1v) is 7.84. The minimum atomic E-state index is -0.431. The maximum absolute atomic E-state index is 14.1. The fourth-order valence-corrected chi connectivity index (χ4v) is 2.62. The number of hydrogen-bond donors (Lipinski definition) is 2. The van der Waals surface area contributed by atoms with E-state index in [0.717, 1.165) is 22.3 Å². The molecule has 0 fully saturated rings. The van der Waals surface area contributed by atoms with Gasteiger partial charge in [-0.25, -0.2) is 14.4 Å². The van der Waals surface area contributed by atoms with Gasteiger partial charge in [0.2, 0.25) is 0 Å². The molecule has 3 aromatic heterocycles. The summed E-state index contributed by atoms with van der Waals surface area (Å²) in [7, 11) is 0. The van der Waals surface area contributed by atoms with Gasteiger partial charge in [0.15, 0.2) is 5.82 Å². The second-order valence-electron chi connectivity index (χ2n) is 5.46. The van der Waals surface area contributed by atoms with E-state index in [4.69, 9.17) is 11.6 Å². The van der Waals surface area contributed by atoms with E-state index < -0.39 is 5.82 Å². The standard InChI is InChI=1S/C17H12ClFN6/c1-9-7-21-17(11-6-10(18)2-3-12(11)19)24-16(9)23-13-4-5-20-14-8-22-25-15(13)14/h2-8H,1H3,(H,22,25)(H,20,21,23,24). The Morgan fingerprint density at radius 2 is 2.04 bits per heavy atom. The summed E-state index contributed by atoms with van der Waals surface area (Å²) in [5.74, 6) is 0.383. The van der Waals surface area contributed by atoms with Crippen LogP contribution in [0.25, 0.3) is 22.4 Å². The summed E-state index contributed by atoms with van der Waals surface area (Å²) in [5.41, 5.74) is 3.32. The average molecular weight is 355 g/mol. The normalized spacial score (nSPS) is 11.0. The van der Waals surface area contributed by atoms with Crippen LogP contribution in [0.3, 0.4) is 0 Å². The Morgan fingerprint density at radius 3 is 2.92 bits per heavy atom. The van der Waals surface area contributed by atoms with Crippen LogP contribution in [0.5, 0.6) is 0 Å². The predicted molar refractivity (Wildman–Crippen MR) is 94.3 cm³/mol. The van der Waals surface area contributed by atoms with Crippen LogP contribution in [0, 0.1) is 12.7 Å². The Balaban J connectivity index is 1.78. The molecule has 0 saturated carbocycles. The molecule has 6 nitrogen and oxygen atoms in total. The van der Waals surface area contributed by atoms with E-state index in [0.29, 0.717) is 10.8 Å². The van der Waals surface area contributed by atoms with Crippen LogP contribution in [0.4, 0.5) is 15.9 Å². The molecule has 4 aromatic rings. The van der Waals surface area contributed by atoms with Gasteiger partial charge in [0.1, 0.15) is 22.7 Å². The minimum Gasteiger partial charge on any atom is -0.338 e. The van der Waals surface area contributed by atoms with Crippen LogP contribution in [-0.4, -0.2) is 25.1 Å². The van der Waals surface area contributed by atoms with Crippen molar-refractivity contribution in [1.29, 1.82) is 0 Å². The van der Waals surface area contributed by atoms with Gasteiger partial charge in [0, 0.05) is 23.0 Å². The van der Waals surface area contributed by atoms with Crippen LogP contribution in [0.1, 0.15) is 5.56 Å². The van der Waals surface area contributed by atoms with Crippen molar-refractivity contribution in [2.24, 2.45) is 0 Å². The van der Waals surface area contributed by atoms with Crippen molar-refractivity contribution >= 4 is 34.1 Å². The summed E-state index contributed by atoms with van der Waals surface area (Å²) in [6.45, 7) is 1.87.